The molecular formula is C28H34N6O5. The molecular weight excluding hydrogens is 500 g/mol. The summed E-state index contributed by atoms with van der Waals surface area (Å²) in [4.78, 5) is 34.1. The normalized spacial score (nSPS) is 16.2. The van der Waals surface area contributed by atoms with E-state index in [0.717, 1.165) is 35.9 Å². The summed E-state index contributed by atoms with van der Waals surface area (Å²) in [7, 11) is 1.64. The Hall–Kier alpha value is -3.96. The lowest BCUT2D eigenvalue weighted by Crippen LogP contribution is -2.53. The summed E-state index contributed by atoms with van der Waals surface area (Å²) in [5.74, 6) is 1.44. The molecule has 0 saturated carbocycles. The van der Waals surface area contributed by atoms with Crippen LogP contribution in [0, 0.1) is 0 Å². The molecule has 1 aromatic carbocycles. The molecule has 206 valence electrons. The van der Waals surface area contributed by atoms with Crippen molar-refractivity contribution in [2.45, 2.75) is 0 Å². The summed E-state index contributed by atoms with van der Waals surface area (Å²) < 4.78 is 16.0. The van der Waals surface area contributed by atoms with E-state index in [0.29, 0.717) is 52.5 Å². The predicted octanol–water partition coefficient (Wildman–Crippen LogP) is 1.87. The number of methoxy groups -OCH3 is 1. The van der Waals surface area contributed by atoms with Gasteiger partial charge in [0.05, 0.1) is 32.3 Å². The van der Waals surface area contributed by atoms with Gasteiger partial charge in [-0.2, -0.15) is 0 Å². The van der Waals surface area contributed by atoms with Crippen LogP contribution in [0.2, 0.25) is 0 Å². The van der Waals surface area contributed by atoms with Crippen molar-refractivity contribution in [1.29, 1.82) is 0 Å². The zero-order valence-electron chi connectivity index (χ0n) is 22.2. The van der Waals surface area contributed by atoms with Gasteiger partial charge in [-0.15, -0.1) is 10.2 Å². The fraction of sp³-hybridized carbons (Fsp3) is 0.429. The summed E-state index contributed by atoms with van der Waals surface area (Å²) in [5.41, 5.74) is 1.70. The minimum Gasteiger partial charge on any atom is -0.497 e. The molecule has 11 heteroatoms. The molecule has 5 rings (SSSR count). The number of carbonyl (C=O) groups excluding carboxylic acids is 2. The number of hydrogen-bond acceptors (Lipinski definition) is 9. The second kappa shape index (κ2) is 12.7. The lowest BCUT2D eigenvalue weighted by atomic mass is 10.1. The third-order valence-electron chi connectivity index (χ3n) is 7.11. The Kier molecular flexibility index (Phi) is 8.69. The Balaban J connectivity index is 1.16. The zero-order valence-corrected chi connectivity index (χ0v) is 22.2. The molecule has 4 heterocycles. The zero-order chi connectivity index (χ0) is 27.0. The topological polar surface area (TPSA) is 104 Å². The number of carbonyl (C=O) groups is 2. The van der Waals surface area contributed by atoms with Gasteiger partial charge < -0.3 is 28.6 Å². The summed E-state index contributed by atoms with van der Waals surface area (Å²) in [6, 6.07) is 14.9. The number of nitrogens with zero attached hydrogens (tertiary/aromatic N) is 6. The summed E-state index contributed by atoms with van der Waals surface area (Å²) in [6.07, 6.45) is 1.47. The van der Waals surface area contributed by atoms with Gasteiger partial charge >= 0.3 is 0 Å². The van der Waals surface area contributed by atoms with E-state index < -0.39 is 0 Å². The Morgan fingerprint density at radius 1 is 0.974 bits per heavy atom. The first-order chi connectivity index (χ1) is 19.1. The monoisotopic (exact) mass is 534 g/mol. The second-order valence-corrected chi connectivity index (χ2v) is 9.53. The highest BCUT2D eigenvalue weighted by molar-refractivity contribution is 5.94. The lowest BCUT2D eigenvalue weighted by molar-refractivity contribution is -0.132. The minimum atomic E-state index is -0.272. The van der Waals surface area contributed by atoms with Gasteiger partial charge in [0.15, 0.2) is 11.6 Å². The number of anilines is 1. The number of piperazine rings is 1. The van der Waals surface area contributed by atoms with Crippen LogP contribution in [0.25, 0.3) is 11.3 Å². The van der Waals surface area contributed by atoms with Gasteiger partial charge in [0.2, 0.25) is 5.91 Å². The maximum absolute atomic E-state index is 13.2. The number of furan rings is 1. The summed E-state index contributed by atoms with van der Waals surface area (Å²) in [5, 5.41) is 8.83. The van der Waals surface area contributed by atoms with Crippen LogP contribution in [0.15, 0.2) is 59.2 Å². The number of morpholine rings is 1. The average Bonchev–Trinajstić information content (AvgIpc) is 3.55. The van der Waals surface area contributed by atoms with Crippen LogP contribution in [0.4, 0.5) is 5.82 Å². The van der Waals surface area contributed by atoms with Crippen LogP contribution in [-0.4, -0.2) is 116 Å². The standard InChI is InChI=1S/C28H34N6O5/c1-37-23-5-2-4-22(20-23)24-7-8-26(30-29-24)32-11-13-33(14-12-32)27(35)21-34(28(36)25-6-3-17-39-25)10-9-31-15-18-38-19-16-31/h2-8,17,20H,9-16,18-19,21H2,1H3. The van der Waals surface area contributed by atoms with Gasteiger partial charge in [-0.05, 0) is 36.4 Å². The van der Waals surface area contributed by atoms with Crippen molar-refractivity contribution in [3.8, 4) is 17.0 Å². The van der Waals surface area contributed by atoms with Gasteiger partial charge in [-0.1, -0.05) is 12.1 Å². The van der Waals surface area contributed by atoms with Crippen LogP contribution in [-0.2, 0) is 9.53 Å². The van der Waals surface area contributed by atoms with E-state index in [1.54, 1.807) is 24.1 Å². The largest absolute Gasteiger partial charge is 0.497 e. The van der Waals surface area contributed by atoms with E-state index in [9.17, 15) is 9.59 Å². The van der Waals surface area contributed by atoms with Gasteiger partial charge in [-0.3, -0.25) is 14.5 Å². The maximum Gasteiger partial charge on any atom is 0.290 e. The molecule has 0 spiro atoms. The van der Waals surface area contributed by atoms with Crippen LogP contribution in [0.3, 0.4) is 0 Å². The SMILES string of the molecule is COc1cccc(-c2ccc(N3CCN(C(=O)CN(CCN4CCOCC4)C(=O)c4ccco4)CC3)nn2)c1. The third kappa shape index (κ3) is 6.73. The summed E-state index contributed by atoms with van der Waals surface area (Å²) in [6.45, 7) is 6.52. The quantitative estimate of drug-likeness (QED) is 0.407. The predicted molar refractivity (Wildman–Crippen MR) is 145 cm³/mol. The van der Waals surface area contributed by atoms with Crippen molar-refractivity contribution >= 4 is 17.6 Å². The Labute approximate surface area is 227 Å². The molecule has 0 bridgehead atoms. The highest BCUT2D eigenvalue weighted by Crippen LogP contribution is 2.23. The van der Waals surface area contributed by atoms with Crippen LogP contribution < -0.4 is 9.64 Å². The smallest absolute Gasteiger partial charge is 0.290 e. The van der Waals surface area contributed by atoms with Crippen molar-refractivity contribution in [3.05, 3.63) is 60.6 Å². The molecule has 3 aromatic rings. The van der Waals surface area contributed by atoms with Gasteiger partial charge in [-0.25, -0.2) is 0 Å². The Morgan fingerprint density at radius 3 is 2.49 bits per heavy atom. The lowest BCUT2D eigenvalue weighted by Gasteiger charge is -2.36. The molecule has 2 aromatic heterocycles. The van der Waals surface area contributed by atoms with E-state index in [2.05, 4.69) is 20.0 Å². The molecule has 2 amide bonds. The van der Waals surface area contributed by atoms with Gasteiger partial charge in [0.25, 0.3) is 5.91 Å². The highest BCUT2D eigenvalue weighted by Gasteiger charge is 2.27. The van der Waals surface area contributed by atoms with Gasteiger partial charge in [0.1, 0.15) is 12.3 Å². The first kappa shape index (κ1) is 26.6. The van der Waals surface area contributed by atoms with Crippen molar-refractivity contribution < 1.29 is 23.5 Å². The molecule has 0 N–H and O–H groups in total. The fourth-order valence-corrected chi connectivity index (χ4v) is 4.77. The van der Waals surface area contributed by atoms with Crippen molar-refractivity contribution in [2.75, 3.05) is 84.1 Å². The molecule has 2 saturated heterocycles. The number of aromatic nitrogens is 2. The molecule has 0 unspecified atom stereocenters. The Morgan fingerprint density at radius 2 is 1.79 bits per heavy atom. The molecule has 39 heavy (non-hydrogen) atoms. The highest BCUT2D eigenvalue weighted by atomic mass is 16.5. The molecule has 0 aliphatic carbocycles. The van der Waals surface area contributed by atoms with E-state index in [4.69, 9.17) is 13.9 Å². The number of rotatable bonds is 9. The van der Waals surface area contributed by atoms with Crippen LogP contribution in [0.5, 0.6) is 5.75 Å². The van der Waals surface area contributed by atoms with Gasteiger partial charge in [0, 0.05) is 57.9 Å². The fourth-order valence-electron chi connectivity index (χ4n) is 4.77. The molecule has 0 atom stereocenters. The first-order valence-corrected chi connectivity index (χ1v) is 13.2. The molecule has 11 nitrogen and oxygen atoms in total. The summed E-state index contributed by atoms with van der Waals surface area (Å²) >= 11 is 0. The second-order valence-electron chi connectivity index (χ2n) is 9.53. The average molecular weight is 535 g/mol. The van der Waals surface area contributed by atoms with Crippen molar-refractivity contribution in [2.24, 2.45) is 0 Å². The van der Waals surface area contributed by atoms with E-state index in [-0.39, 0.29) is 24.1 Å². The first-order valence-electron chi connectivity index (χ1n) is 13.2. The minimum absolute atomic E-state index is 0.0128. The van der Waals surface area contributed by atoms with Crippen molar-refractivity contribution in [3.63, 3.8) is 0 Å². The number of ether oxygens (including phenoxy) is 2. The molecule has 2 fully saturated rings. The number of benzene rings is 1. The van der Waals surface area contributed by atoms with Crippen molar-refractivity contribution in [1.82, 2.24) is 24.9 Å². The number of amides is 2. The van der Waals surface area contributed by atoms with E-state index in [1.807, 2.05) is 41.3 Å². The Bertz CT molecular complexity index is 1220. The number of hydrogen-bond donors (Lipinski definition) is 0. The van der Waals surface area contributed by atoms with E-state index in [1.165, 1.54) is 6.26 Å². The molecule has 2 aliphatic rings. The van der Waals surface area contributed by atoms with E-state index >= 15 is 0 Å². The molecule has 0 radical (unpaired) electrons. The third-order valence-corrected chi connectivity index (χ3v) is 7.11. The van der Waals surface area contributed by atoms with Crippen LogP contribution >= 0.6 is 0 Å². The van der Waals surface area contributed by atoms with Crippen LogP contribution in [0.1, 0.15) is 10.6 Å². The molecule has 2 aliphatic heterocycles. The maximum atomic E-state index is 13.2.